The Kier molecular flexibility index (Phi) is 4.74. The van der Waals surface area contributed by atoms with Crippen LogP contribution in [0.4, 0.5) is 20.2 Å². The van der Waals surface area contributed by atoms with Gasteiger partial charge in [0.25, 0.3) is 5.91 Å². The van der Waals surface area contributed by atoms with Crippen LogP contribution >= 0.6 is 15.9 Å². The molecule has 0 saturated carbocycles. The van der Waals surface area contributed by atoms with Gasteiger partial charge in [-0.05, 0) is 40.2 Å². The average Bonchev–Trinajstić information content (AvgIpc) is 2.37. The lowest BCUT2D eigenvalue weighted by molar-refractivity contribution is -0.118. The number of hydrogen-bond donors (Lipinski definition) is 2. The lowest BCUT2D eigenvalue weighted by atomic mass is 10.3. The minimum atomic E-state index is -0.890. The quantitative estimate of drug-likeness (QED) is 0.825. The highest BCUT2D eigenvalue weighted by molar-refractivity contribution is 9.10. The molecule has 110 valence electrons. The predicted octanol–water partition coefficient (Wildman–Crippen LogP) is 3.33. The van der Waals surface area contributed by atoms with Crippen LogP contribution in [-0.2, 0) is 4.79 Å². The molecule has 4 nitrogen and oxygen atoms in total. The van der Waals surface area contributed by atoms with Crippen molar-refractivity contribution in [3.63, 3.8) is 0 Å². The molecule has 2 rings (SSSR count). The maximum Gasteiger partial charge on any atom is 0.262 e. The zero-order valence-electron chi connectivity index (χ0n) is 10.7. The third-order valence-electron chi connectivity index (χ3n) is 2.48. The highest BCUT2D eigenvalue weighted by Gasteiger charge is 2.13. The molecule has 2 aromatic rings. The first-order valence-electron chi connectivity index (χ1n) is 5.88. The summed E-state index contributed by atoms with van der Waals surface area (Å²) in [6.45, 7) is -0.421. The Balaban J connectivity index is 1.99. The van der Waals surface area contributed by atoms with E-state index < -0.39 is 24.1 Å². The van der Waals surface area contributed by atoms with Crippen LogP contribution in [0.1, 0.15) is 0 Å². The highest BCUT2D eigenvalue weighted by Crippen LogP contribution is 2.29. The van der Waals surface area contributed by atoms with Gasteiger partial charge in [-0.1, -0.05) is 6.07 Å². The van der Waals surface area contributed by atoms with Gasteiger partial charge in [0.05, 0.1) is 4.47 Å². The van der Waals surface area contributed by atoms with Crippen molar-refractivity contribution >= 4 is 33.2 Å². The van der Waals surface area contributed by atoms with Crippen LogP contribution < -0.4 is 15.8 Å². The number of amides is 1. The number of hydrogen-bond acceptors (Lipinski definition) is 3. The van der Waals surface area contributed by atoms with E-state index in [9.17, 15) is 13.6 Å². The Morgan fingerprint density at radius 2 is 2.05 bits per heavy atom. The van der Waals surface area contributed by atoms with Crippen LogP contribution in [0.25, 0.3) is 0 Å². The summed E-state index contributed by atoms with van der Waals surface area (Å²) in [7, 11) is 0. The second-order valence-electron chi connectivity index (χ2n) is 4.16. The van der Waals surface area contributed by atoms with Gasteiger partial charge >= 0.3 is 0 Å². The number of anilines is 2. The summed E-state index contributed by atoms with van der Waals surface area (Å²) < 4.78 is 31.6. The third-order valence-corrected chi connectivity index (χ3v) is 3.07. The maximum atomic E-state index is 13.5. The Labute approximate surface area is 128 Å². The van der Waals surface area contributed by atoms with Gasteiger partial charge in [0.2, 0.25) is 0 Å². The minimum Gasteiger partial charge on any atom is -0.479 e. The Hall–Kier alpha value is -2.15. The average molecular weight is 357 g/mol. The van der Waals surface area contributed by atoms with Crippen LogP contribution in [0.3, 0.4) is 0 Å². The molecule has 2 aromatic carbocycles. The van der Waals surface area contributed by atoms with Crippen molar-refractivity contribution in [2.45, 2.75) is 0 Å². The van der Waals surface area contributed by atoms with Crippen LogP contribution in [0, 0.1) is 11.6 Å². The number of carbonyl (C=O) groups is 1. The third kappa shape index (κ3) is 4.16. The Morgan fingerprint density at radius 1 is 1.29 bits per heavy atom. The van der Waals surface area contributed by atoms with Crippen molar-refractivity contribution in [2.24, 2.45) is 0 Å². The fourth-order valence-corrected chi connectivity index (χ4v) is 2.14. The monoisotopic (exact) mass is 356 g/mol. The summed E-state index contributed by atoms with van der Waals surface area (Å²) in [4.78, 5) is 11.7. The molecule has 0 atom stereocenters. The molecule has 0 heterocycles. The summed E-state index contributed by atoms with van der Waals surface area (Å²) in [5.41, 5.74) is 6.58. The first kappa shape index (κ1) is 15.2. The second-order valence-corrected chi connectivity index (χ2v) is 5.02. The molecule has 0 aromatic heterocycles. The van der Waals surface area contributed by atoms with Crippen LogP contribution in [0.2, 0.25) is 0 Å². The second kappa shape index (κ2) is 6.53. The molecule has 0 aliphatic carbocycles. The topological polar surface area (TPSA) is 64.3 Å². The maximum absolute atomic E-state index is 13.5. The highest BCUT2D eigenvalue weighted by atomic mass is 79.9. The van der Waals surface area contributed by atoms with Gasteiger partial charge in [0.15, 0.2) is 18.2 Å². The molecule has 0 spiro atoms. The molecule has 0 aliphatic heterocycles. The van der Waals surface area contributed by atoms with E-state index in [-0.39, 0.29) is 10.2 Å². The Bertz CT molecular complexity index is 657. The summed E-state index contributed by atoms with van der Waals surface area (Å²) in [5.74, 6) is -2.34. The minimum absolute atomic E-state index is 0.0942. The molecular weight excluding hydrogens is 346 g/mol. The molecule has 0 bridgehead atoms. The molecule has 7 heteroatoms. The molecular formula is C14H11BrF2N2O2. The van der Waals surface area contributed by atoms with Gasteiger partial charge in [0.1, 0.15) is 5.82 Å². The summed E-state index contributed by atoms with van der Waals surface area (Å²) in [5, 5.41) is 2.55. The van der Waals surface area contributed by atoms with Crippen LogP contribution in [0.5, 0.6) is 5.75 Å². The predicted molar refractivity (Wildman–Crippen MR) is 79.0 cm³/mol. The fraction of sp³-hybridized carbons (Fsp3) is 0.0714. The first-order valence-corrected chi connectivity index (χ1v) is 6.68. The van der Waals surface area contributed by atoms with E-state index in [1.807, 2.05) is 0 Å². The fourth-order valence-electron chi connectivity index (χ4n) is 1.62. The van der Waals surface area contributed by atoms with E-state index in [2.05, 4.69) is 21.2 Å². The van der Waals surface area contributed by atoms with Crippen molar-refractivity contribution < 1.29 is 18.3 Å². The van der Waals surface area contributed by atoms with Gasteiger partial charge in [-0.15, -0.1) is 0 Å². The van der Waals surface area contributed by atoms with Gasteiger partial charge in [-0.2, -0.15) is 0 Å². The van der Waals surface area contributed by atoms with Crippen LogP contribution in [0.15, 0.2) is 40.9 Å². The number of ether oxygens (including phenoxy) is 1. The number of nitrogens with one attached hydrogen (secondary N) is 1. The largest absolute Gasteiger partial charge is 0.479 e. The van der Waals surface area contributed by atoms with Crippen molar-refractivity contribution in [1.82, 2.24) is 0 Å². The smallest absolute Gasteiger partial charge is 0.262 e. The summed E-state index contributed by atoms with van der Waals surface area (Å²) in [6.07, 6.45) is 0. The van der Waals surface area contributed by atoms with Crippen LogP contribution in [-0.4, -0.2) is 12.5 Å². The zero-order chi connectivity index (χ0) is 15.4. The van der Waals surface area contributed by atoms with Gasteiger partial charge in [-0.3, -0.25) is 4.79 Å². The number of halogens is 3. The number of nitrogens with two attached hydrogens (primary N) is 1. The lowest BCUT2D eigenvalue weighted by Gasteiger charge is -2.10. The van der Waals surface area contributed by atoms with E-state index in [0.29, 0.717) is 17.4 Å². The van der Waals surface area contributed by atoms with E-state index in [0.717, 1.165) is 6.07 Å². The molecule has 0 unspecified atom stereocenters. The van der Waals surface area contributed by atoms with Crippen molar-refractivity contribution in [3.05, 3.63) is 52.5 Å². The van der Waals surface area contributed by atoms with E-state index in [1.54, 1.807) is 24.3 Å². The lowest BCUT2D eigenvalue weighted by Crippen LogP contribution is -2.20. The van der Waals surface area contributed by atoms with Crippen molar-refractivity contribution in [1.29, 1.82) is 0 Å². The SMILES string of the molecule is Nc1cccc(NC(=O)COc2c(F)cc(F)cc2Br)c1. The Morgan fingerprint density at radius 3 is 2.71 bits per heavy atom. The number of rotatable bonds is 4. The van der Waals surface area contributed by atoms with E-state index >= 15 is 0 Å². The van der Waals surface area contributed by atoms with Gasteiger partial charge < -0.3 is 15.8 Å². The van der Waals surface area contributed by atoms with Gasteiger partial charge in [0, 0.05) is 17.4 Å². The molecule has 3 N–H and O–H groups in total. The van der Waals surface area contributed by atoms with Crippen molar-refractivity contribution in [2.75, 3.05) is 17.7 Å². The zero-order valence-corrected chi connectivity index (χ0v) is 12.3. The standard InChI is InChI=1S/C14H11BrF2N2O2/c15-11-4-8(16)5-12(17)14(11)21-7-13(20)19-10-3-1-2-9(18)6-10/h1-6H,7,18H2,(H,19,20). The number of benzene rings is 2. The molecule has 21 heavy (non-hydrogen) atoms. The normalized spacial score (nSPS) is 10.2. The molecule has 0 radical (unpaired) electrons. The van der Waals surface area contributed by atoms with Gasteiger partial charge in [-0.25, -0.2) is 8.78 Å². The first-order chi connectivity index (χ1) is 9.95. The molecule has 1 amide bonds. The molecule has 0 fully saturated rings. The number of carbonyl (C=O) groups excluding carboxylic acids is 1. The van der Waals surface area contributed by atoms with E-state index in [1.165, 1.54) is 0 Å². The summed E-state index contributed by atoms with van der Waals surface area (Å²) in [6, 6.07) is 8.32. The van der Waals surface area contributed by atoms with Crippen molar-refractivity contribution in [3.8, 4) is 5.75 Å². The van der Waals surface area contributed by atoms with E-state index in [4.69, 9.17) is 10.5 Å². The summed E-state index contributed by atoms with van der Waals surface area (Å²) >= 11 is 2.97. The molecule has 0 saturated heterocycles. The number of nitrogen functional groups attached to an aromatic ring is 1. The molecule has 0 aliphatic rings.